The van der Waals surface area contributed by atoms with Gasteiger partial charge in [0.15, 0.2) is 0 Å². The highest BCUT2D eigenvalue weighted by atomic mass is 15.0. The third kappa shape index (κ3) is 1.67. The summed E-state index contributed by atoms with van der Waals surface area (Å²) in [5.41, 5.74) is 0.0583. The van der Waals surface area contributed by atoms with Crippen molar-refractivity contribution in [2.45, 2.75) is 0 Å². The van der Waals surface area contributed by atoms with E-state index in [2.05, 4.69) is 4.98 Å². The summed E-state index contributed by atoms with van der Waals surface area (Å²) in [5, 5.41) is 16.7. The summed E-state index contributed by atoms with van der Waals surface area (Å²) in [6.07, 6.45) is 6.14. The van der Waals surface area contributed by atoms with E-state index in [4.69, 9.17) is 10.5 Å². The predicted molar refractivity (Wildman–Crippen MR) is 37.7 cm³/mol. The van der Waals surface area contributed by atoms with Crippen LogP contribution < -0.4 is 0 Å². The van der Waals surface area contributed by atoms with Crippen molar-refractivity contribution in [3.8, 4) is 12.1 Å². The maximum Gasteiger partial charge on any atom is 0.146 e. The molecule has 0 radical (unpaired) electrons. The van der Waals surface area contributed by atoms with Gasteiger partial charge in [-0.25, -0.2) is 4.98 Å². The molecule has 1 rings (SSSR count). The maximum absolute atomic E-state index is 8.35. The lowest BCUT2D eigenvalue weighted by atomic mass is 10.4. The zero-order valence-corrected chi connectivity index (χ0v) is 5.60. The van der Waals surface area contributed by atoms with Gasteiger partial charge >= 0.3 is 0 Å². The molecule has 52 valence electrons. The van der Waals surface area contributed by atoms with Gasteiger partial charge in [-0.2, -0.15) is 10.5 Å². The molecule has 0 aliphatic carbocycles. The molecular formula is C7H4N4. The molecule has 0 aromatic carbocycles. The van der Waals surface area contributed by atoms with Crippen LogP contribution in [0.15, 0.2) is 24.3 Å². The first-order chi connectivity index (χ1) is 5.36. The average molecular weight is 144 g/mol. The van der Waals surface area contributed by atoms with Crippen LogP contribution in [0, 0.1) is 22.7 Å². The Bertz CT molecular complexity index is 318. The van der Waals surface area contributed by atoms with E-state index in [1.807, 2.05) is 0 Å². The van der Waals surface area contributed by atoms with Gasteiger partial charge in [-0.3, -0.25) is 0 Å². The van der Waals surface area contributed by atoms with E-state index >= 15 is 0 Å². The topological polar surface area (TPSA) is 65.4 Å². The monoisotopic (exact) mass is 144 g/mol. The van der Waals surface area contributed by atoms with Crippen LogP contribution in [0.4, 0.5) is 0 Å². The molecule has 0 saturated heterocycles. The predicted octanol–water partition coefficient (Wildman–Crippen LogP) is 0.771. The fourth-order valence-electron chi connectivity index (χ4n) is 0.578. The Kier molecular flexibility index (Phi) is 2.04. The van der Waals surface area contributed by atoms with Gasteiger partial charge in [-0.1, -0.05) is 0 Å². The van der Waals surface area contributed by atoms with Gasteiger partial charge in [0.1, 0.15) is 17.7 Å². The quantitative estimate of drug-likeness (QED) is 0.547. The number of imidazole rings is 1. The minimum atomic E-state index is 0.0583. The first-order valence-electron chi connectivity index (χ1n) is 2.86. The third-order valence-corrected chi connectivity index (χ3v) is 1.04. The van der Waals surface area contributed by atoms with E-state index in [0.717, 1.165) is 0 Å². The van der Waals surface area contributed by atoms with Gasteiger partial charge in [-0.05, 0) is 0 Å². The van der Waals surface area contributed by atoms with Crippen molar-refractivity contribution in [1.29, 1.82) is 10.5 Å². The highest BCUT2D eigenvalue weighted by Gasteiger charge is 1.90. The van der Waals surface area contributed by atoms with Crippen molar-refractivity contribution < 1.29 is 0 Å². The fraction of sp³-hybridized carbons (Fsp3) is 0. The lowest BCUT2D eigenvalue weighted by Crippen LogP contribution is -1.81. The van der Waals surface area contributed by atoms with Crippen LogP contribution in [-0.4, -0.2) is 9.55 Å². The molecule has 0 aliphatic rings. The Balaban J connectivity index is 2.93. The maximum atomic E-state index is 8.35. The lowest BCUT2D eigenvalue weighted by molar-refractivity contribution is 1.13. The Labute approximate surface area is 63.6 Å². The molecule has 0 N–H and O–H groups in total. The third-order valence-electron chi connectivity index (χ3n) is 1.04. The minimum absolute atomic E-state index is 0.0583. The molecule has 0 bridgehead atoms. The highest BCUT2D eigenvalue weighted by Crippen LogP contribution is 1.93. The van der Waals surface area contributed by atoms with Gasteiger partial charge in [0.2, 0.25) is 0 Å². The molecule has 0 spiro atoms. The molecule has 4 heteroatoms. The molecule has 0 atom stereocenters. The van der Waals surface area contributed by atoms with Gasteiger partial charge in [0.05, 0.1) is 6.33 Å². The normalized spacial score (nSPS) is 7.82. The van der Waals surface area contributed by atoms with Crippen LogP contribution in [0.5, 0.6) is 0 Å². The molecule has 4 nitrogen and oxygen atoms in total. The van der Waals surface area contributed by atoms with Crippen LogP contribution >= 0.6 is 0 Å². The minimum Gasteiger partial charge on any atom is -0.311 e. The molecule has 0 fully saturated rings. The largest absolute Gasteiger partial charge is 0.311 e. The fourth-order valence-corrected chi connectivity index (χ4v) is 0.578. The first kappa shape index (κ1) is 7.04. The van der Waals surface area contributed by atoms with E-state index in [9.17, 15) is 0 Å². The molecule has 0 saturated carbocycles. The molecule has 0 aliphatic heterocycles. The Morgan fingerprint density at radius 1 is 1.45 bits per heavy atom. The average Bonchev–Trinajstić information content (AvgIpc) is 2.52. The standard InChI is InChI=1S/C7H4N4/c8-3-7(4-9)5-11-2-1-10-6-11/h1-2,5-6H. The molecule has 0 amide bonds. The van der Waals surface area contributed by atoms with Gasteiger partial charge in [0, 0.05) is 18.6 Å². The zero-order chi connectivity index (χ0) is 8.10. The molecule has 1 aromatic rings. The number of nitriles is 2. The summed E-state index contributed by atoms with van der Waals surface area (Å²) in [6.45, 7) is 0. The Morgan fingerprint density at radius 2 is 2.18 bits per heavy atom. The summed E-state index contributed by atoms with van der Waals surface area (Å²) in [5.74, 6) is 0. The van der Waals surface area contributed by atoms with Crippen LogP contribution in [0.25, 0.3) is 6.20 Å². The molecule has 11 heavy (non-hydrogen) atoms. The van der Waals surface area contributed by atoms with E-state index in [-0.39, 0.29) is 5.57 Å². The van der Waals surface area contributed by atoms with Gasteiger partial charge in [-0.15, -0.1) is 0 Å². The SMILES string of the molecule is N#CC(C#N)=Cn1ccnc1. The number of hydrogen-bond acceptors (Lipinski definition) is 3. The van der Waals surface area contributed by atoms with E-state index in [1.54, 1.807) is 29.1 Å². The molecule has 1 heterocycles. The van der Waals surface area contributed by atoms with Crippen LogP contribution in [-0.2, 0) is 0 Å². The summed E-state index contributed by atoms with van der Waals surface area (Å²) >= 11 is 0. The van der Waals surface area contributed by atoms with Gasteiger partial charge in [0.25, 0.3) is 0 Å². The number of nitrogens with zero attached hydrogens (tertiary/aromatic N) is 4. The van der Waals surface area contributed by atoms with E-state index < -0.39 is 0 Å². The van der Waals surface area contributed by atoms with Crippen molar-refractivity contribution in [2.24, 2.45) is 0 Å². The van der Waals surface area contributed by atoms with Gasteiger partial charge < -0.3 is 4.57 Å². The van der Waals surface area contributed by atoms with Crippen molar-refractivity contribution >= 4 is 6.20 Å². The molecular weight excluding hydrogens is 140 g/mol. The van der Waals surface area contributed by atoms with Crippen LogP contribution in [0.3, 0.4) is 0 Å². The number of hydrogen-bond donors (Lipinski definition) is 0. The number of aromatic nitrogens is 2. The smallest absolute Gasteiger partial charge is 0.146 e. The Morgan fingerprint density at radius 3 is 2.64 bits per heavy atom. The zero-order valence-electron chi connectivity index (χ0n) is 5.60. The van der Waals surface area contributed by atoms with Crippen LogP contribution in [0.2, 0.25) is 0 Å². The second kappa shape index (κ2) is 3.19. The molecule has 0 unspecified atom stereocenters. The number of rotatable bonds is 1. The number of allylic oxidation sites excluding steroid dienone is 1. The molecule has 1 aromatic heterocycles. The lowest BCUT2D eigenvalue weighted by Gasteiger charge is -1.86. The highest BCUT2D eigenvalue weighted by molar-refractivity contribution is 5.49. The Hall–Kier alpha value is -2.07. The van der Waals surface area contributed by atoms with Crippen molar-refractivity contribution in [3.63, 3.8) is 0 Å². The summed E-state index contributed by atoms with van der Waals surface area (Å²) in [4.78, 5) is 3.74. The second-order valence-electron chi connectivity index (χ2n) is 1.78. The van der Waals surface area contributed by atoms with Crippen molar-refractivity contribution in [2.75, 3.05) is 0 Å². The summed E-state index contributed by atoms with van der Waals surface area (Å²) < 4.78 is 1.54. The first-order valence-corrected chi connectivity index (χ1v) is 2.86. The second-order valence-corrected chi connectivity index (χ2v) is 1.78. The van der Waals surface area contributed by atoms with Crippen molar-refractivity contribution in [3.05, 3.63) is 24.3 Å². The summed E-state index contributed by atoms with van der Waals surface area (Å²) in [6, 6.07) is 3.48. The van der Waals surface area contributed by atoms with E-state index in [1.165, 1.54) is 12.5 Å². The van der Waals surface area contributed by atoms with Crippen molar-refractivity contribution in [1.82, 2.24) is 9.55 Å². The summed E-state index contributed by atoms with van der Waals surface area (Å²) in [7, 11) is 0. The van der Waals surface area contributed by atoms with E-state index in [0.29, 0.717) is 0 Å². The van der Waals surface area contributed by atoms with Crippen LogP contribution in [0.1, 0.15) is 0 Å².